The SMILES string of the molecule is CC(C)OC(OC(C)C)/C(Cl)=C(Cl)/C(Cl)=C/Cl. The fourth-order valence-corrected chi connectivity index (χ4v) is 1.57. The average Bonchev–Trinajstić information content (AvgIpc) is 2.23. The smallest absolute Gasteiger partial charge is 0.196 e. The van der Waals surface area contributed by atoms with E-state index < -0.39 is 6.29 Å². The highest BCUT2D eigenvalue weighted by molar-refractivity contribution is 6.49. The van der Waals surface area contributed by atoms with Gasteiger partial charge in [0.2, 0.25) is 0 Å². The van der Waals surface area contributed by atoms with Crippen molar-refractivity contribution in [3.63, 3.8) is 0 Å². The van der Waals surface area contributed by atoms with Gasteiger partial charge in [-0.2, -0.15) is 0 Å². The molecule has 0 aromatic heterocycles. The van der Waals surface area contributed by atoms with Gasteiger partial charge in [0.1, 0.15) is 0 Å². The third-order valence-electron chi connectivity index (χ3n) is 1.51. The summed E-state index contributed by atoms with van der Waals surface area (Å²) in [5, 5.41) is 0.439. The summed E-state index contributed by atoms with van der Waals surface area (Å²) >= 11 is 23.2. The first-order chi connectivity index (χ1) is 7.79. The molecule has 6 heteroatoms. The zero-order valence-corrected chi connectivity index (χ0v) is 13.2. The van der Waals surface area contributed by atoms with E-state index in [9.17, 15) is 0 Å². The van der Waals surface area contributed by atoms with Crippen LogP contribution < -0.4 is 0 Å². The van der Waals surface area contributed by atoms with Gasteiger partial charge in [0.25, 0.3) is 0 Å². The van der Waals surface area contributed by atoms with Crippen molar-refractivity contribution in [3.05, 3.63) is 20.6 Å². The first kappa shape index (κ1) is 17.6. The maximum atomic E-state index is 6.07. The van der Waals surface area contributed by atoms with Gasteiger partial charge in [-0.15, -0.1) is 0 Å². The molecule has 0 aromatic carbocycles. The Morgan fingerprint density at radius 1 is 0.941 bits per heavy atom. The third-order valence-corrected chi connectivity index (χ3v) is 3.11. The van der Waals surface area contributed by atoms with Crippen LogP contribution in [0.25, 0.3) is 0 Å². The van der Waals surface area contributed by atoms with E-state index >= 15 is 0 Å². The molecule has 0 saturated heterocycles. The predicted molar refractivity (Wildman–Crippen MR) is 74.8 cm³/mol. The van der Waals surface area contributed by atoms with Crippen LogP contribution in [0.5, 0.6) is 0 Å². The second-order valence-electron chi connectivity index (χ2n) is 3.82. The van der Waals surface area contributed by atoms with Crippen LogP contribution in [-0.2, 0) is 9.47 Å². The molecule has 0 aliphatic carbocycles. The number of hydrogen-bond donors (Lipinski definition) is 0. The van der Waals surface area contributed by atoms with Gasteiger partial charge in [0.15, 0.2) is 6.29 Å². The molecule has 0 unspecified atom stereocenters. The molecule has 0 spiro atoms. The maximum absolute atomic E-state index is 6.07. The van der Waals surface area contributed by atoms with Crippen molar-refractivity contribution in [2.75, 3.05) is 0 Å². The largest absolute Gasteiger partial charge is 0.345 e. The molecule has 0 radical (unpaired) electrons. The zero-order valence-electron chi connectivity index (χ0n) is 10.1. The van der Waals surface area contributed by atoms with Crippen LogP contribution in [0, 0.1) is 0 Å². The van der Waals surface area contributed by atoms with Gasteiger partial charge in [-0.05, 0) is 27.7 Å². The van der Waals surface area contributed by atoms with Crippen molar-refractivity contribution in [1.29, 1.82) is 0 Å². The van der Waals surface area contributed by atoms with Crippen LogP contribution in [0.15, 0.2) is 20.6 Å². The van der Waals surface area contributed by atoms with E-state index in [4.69, 9.17) is 55.9 Å². The summed E-state index contributed by atoms with van der Waals surface area (Å²) in [7, 11) is 0. The number of halogens is 4. The lowest BCUT2D eigenvalue weighted by Gasteiger charge is -2.23. The van der Waals surface area contributed by atoms with Gasteiger partial charge in [0.05, 0.1) is 27.3 Å². The normalized spacial score (nSPS) is 14.9. The minimum Gasteiger partial charge on any atom is -0.345 e. The lowest BCUT2D eigenvalue weighted by atomic mass is 10.4. The summed E-state index contributed by atoms with van der Waals surface area (Å²) in [5.74, 6) is 0. The Labute approximate surface area is 122 Å². The minimum atomic E-state index is -0.755. The van der Waals surface area contributed by atoms with Crippen molar-refractivity contribution >= 4 is 46.4 Å². The van der Waals surface area contributed by atoms with Gasteiger partial charge >= 0.3 is 0 Å². The second kappa shape index (κ2) is 8.63. The predicted octanol–water partition coefficient (Wildman–Crippen LogP) is 5.17. The van der Waals surface area contributed by atoms with Crippen LogP contribution in [-0.4, -0.2) is 18.5 Å². The molecular formula is C11H16Cl4O2. The minimum absolute atomic E-state index is 0.0595. The van der Waals surface area contributed by atoms with Gasteiger partial charge in [0, 0.05) is 5.54 Å². The monoisotopic (exact) mass is 320 g/mol. The Bertz CT molecular complexity index is 288. The highest BCUT2D eigenvalue weighted by Gasteiger charge is 2.21. The van der Waals surface area contributed by atoms with E-state index in [2.05, 4.69) is 0 Å². The second-order valence-corrected chi connectivity index (χ2v) is 5.23. The molecule has 0 aliphatic rings. The third kappa shape index (κ3) is 6.90. The molecule has 0 heterocycles. The maximum Gasteiger partial charge on any atom is 0.196 e. The number of rotatable bonds is 6. The lowest BCUT2D eigenvalue weighted by molar-refractivity contribution is -0.155. The molecule has 0 aromatic rings. The molecule has 0 aliphatic heterocycles. The molecule has 0 N–H and O–H groups in total. The average molecular weight is 322 g/mol. The first-order valence-electron chi connectivity index (χ1n) is 5.11. The van der Waals surface area contributed by atoms with Gasteiger partial charge in [-0.1, -0.05) is 46.4 Å². The molecule has 17 heavy (non-hydrogen) atoms. The van der Waals surface area contributed by atoms with Crippen molar-refractivity contribution in [2.45, 2.75) is 46.2 Å². The van der Waals surface area contributed by atoms with E-state index in [1.165, 1.54) is 0 Å². The summed E-state index contributed by atoms with van der Waals surface area (Å²) in [6, 6.07) is 0. The highest BCUT2D eigenvalue weighted by Crippen LogP contribution is 2.30. The molecule has 100 valence electrons. The topological polar surface area (TPSA) is 18.5 Å². The number of hydrogen-bond acceptors (Lipinski definition) is 2. The van der Waals surface area contributed by atoms with Crippen LogP contribution in [0.4, 0.5) is 0 Å². The summed E-state index contributed by atoms with van der Waals surface area (Å²) in [6.07, 6.45) is -0.874. The summed E-state index contributed by atoms with van der Waals surface area (Å²) in [4.78, 5) is 0. The zero-order chi connectivity index (χ0) is 13.6. The molecule has 0 saturated carbocycles. The van der Waals surface area contributed by atoms with E-state index in [1.54, 1.807) is 0 Å². The molecule has 0 fully saturated rings. The van der Waals surface area contributed by atoms with E-state index in [0.29, 0.717) is 0 Å². The fourth-order valence-electron chi connectivity index (χ4n) is 0.911. The standard InChI is InChI=1S/C11H16Cl4O2/c1-6(2)16-11(17-7(3)4)10(15)9(14)8(13)5-12/h5-7,11H,1-4H3/b8-5-,10-9+. The van der Waals surface area contributed by atoms with Crippen LogP contribution >= 0.6 is 46.4 Å². The van der Waals surface area contributed by atoms with E-state index in [-0.39, 0.29) is 27.3 Å². The van der Waals surface area contributed by atoms with Gasteiger partial charge in [-0.25, -0.2) is 0 Å². The van der Waals surface area contributed by atoms with E-state index in [0.717, 1.165) is 5.54 Å². The Morgan fingerprint density at radius 3 is 1.65 bits per heavy atom. The van der Waals surface area contributed by atoms with E-state index in [1.807, 2.05) is 27.7 Å². The Kier molecular flexibility index (Phi) is 8.91. The molecule has 0 bridgehead atoms. The van der Waals surface area contributed by atoms with Crippen molar-refractivity contribution in [3.8, 4) is 0 Å². The molecule has 0 rings (SSSR count). The summed E-state index contributed by atoms with van der Waals surface area (Å²) in [6.45, 7) is 7.48. The number of allylic oxidation sites excluding steroid dienone is 2. The van der Waals surface area contributed by atoms with Crippen LogP contribution in [0.2, 0.25) is 0 Å². The van der Waals surface area contributed by atoms with Crippen molar-refractivity contribution < 1.29 is 9.47 Å². The summed E-state index contributed by atoms with van der Waals surface area (Å²) in [5.41, 5.74) is 1.13. The summed E-state index contributed by atoms with van der Waals surface area (Å²) < 4.78 is 11.0. The molecule has 2 nitrogen and oxygen atoms in total. The van der Waals surface area contributed by atoms with Crippen LogP contribution in [0.3, 0.4) is 0 Å². The molecule has 0 atom stereocenters. The van der Waals surface area contributed by atoms with Gasteiger partial charge < -0.3 is 9.47 Å². The fraction of sp³-hybridized carbons (Fsp3) is 0.636. The quantitative estimate of drug-likeness (QED) is 0.496. The number of ether oxygens (including phenoxy) is 2. The highest BCUT2D eigenvalue weighted by atomic mass is 35.5. The van der Waals surface area contributed by atoms with Crippen molar-refractivity contribution in [2.24, 2.45) is 0 Å². The molecule has 0 amide bonds. The Hall–Kier alpha value is 0.560. The lowest BCUT2D eigenvalue weighted by Crippen LogP contribution is -2.25. The van der Waals surface area contributed by atoms with Crippen LogP contribution in [0.1, 0.15) is 27.7 Å². The Morgan fingerprint density at radius 2 is 1.35 bits per heavy atom. The first-order valence-corrected chi connectivity index (χ1v) is 6.69. The Balaban J connectivity index is 5.02. The van der Waals surface area contributed by atoms with Gasteiger partial charge in [-0.3, -0.25) is 0 Å². The van der Waals surface area contributed by atoms with Crippen molar-refractivity contribution in [1.82, 2.24) is 0 Å². The molecular weight excluding hydrogens is 306 g/mol.